The number of benzene rings is 2. The summed E-state index contributed by atoms with van der Waals surface area (Å²) in [5, 5.41) is 20.3. The van der Waals surface area contributed by atoms with Gasteiger partial charge in [-0.25, -0.2) is 4.79 Å². The molecule has 106 valence electrons. The van der Waals surface area contributed by atoms with Gasteiger partial charge in [0.1, 0.15) is 0 Å². The van der Waals surface area contributed by atoms with Gasteiger partial charge in [0.05, 0.1) is 17.3 Å². The first kappa shape index (κ1) is 13.6. The van der Waals surface area contributed by atoms with E-state index in [2.05, 4.69) is 31.4 Å². The first-order valence-corrected chi connectivity index (χ1v) is 7.11. The summed E-state index contributed by atoms with van der Waals surface area (Å²) in [4.78, 5) is 11.0. The zero-order chi connectivity index (χ0) is 14.8. The van der Waals surface area contributed by atoms with Crippen LogP contribution in [-0.4, -0.2) is 21.3 Å². The Morgan fingerprint density at radius 1 is 1.33 bits per heavy atom. The maximum Gasteiger partial charge on any atom is 0.335 e. The fraction of sp³-hybridized carbons (Fsp3) is 0.0667. The Labute approximate surface area is 129 Å². The molecule has 0 amide bonds. The third-order valence-corrected chi connectivity index (χ3v) is 3.64. The molecule has 5 nitrogen and oxygen atoms in total. The first-order chi connectivity index (χ1) is 10.1. The quantitative estimate of drug-likeness (QED) is 0.674. The van der Waals surface area contributed by atoms with Crippen molar-refractivity contribution in [2.75, 3.05) is 5.32 Å². The van der Waals surface area contributed by atoms with Crippen molar-refractivity contribution in [1.29, 1.82) is 0 Å². The summed E-state index contributed by atoms with van der Waals surface area (Å²) in [6.07, 6.45) is 1.76. The molecule has 2 aromatic carbocycles. The minimum atomic E-state index is -0.920. The average molecular weight is 346 g/mol. The number of carboxylic acid groups (broad SMARTS) is 1. The summed E-state index contributed by atoms with van der Waals surface area (Å²) >= 11 is 3.46. The number of aromatic carboxylic acids is 1. The van der Waals surface area contributed by atoms with Crippen LogP contribution in [0, 0.1) is 0 Å². The number of aromatic amines is 1. The van der Waals surface area contributed by atoms with Gasteiger partial charge in [-0.3, -0.25) is 5.10 Å². The van der Waals surface area contributed by atoms with E-state index < -0.39 is 5.97 Å². The van der Waals surface area contributed by atoms with Gasteiger partial charge in [0.25, 0.3) is 0 Å². The average Bonchev–Trinajstić information content (AvgIpc) is 2.93. The zero-order valence-corrected chi connectivity index (χ0v) is 12.5. The number of hydrogen-bond donors (Lipinski definition) is 3. The molecular formula is C15H12BrN3O2. The molecule has 1 aromatic heterocycles. The molecule has 21 heavy (non-hydrogen) atoms. The van der Waals surface area contributed by atoms with Crippen LogP contribution in [0.2, 0.25) is 0 Å². The minimum Gasteiger partial charge on any atom is -0.478 e. The van der Waals surface area contributed by atoms with Crippen molar-refractivity contribution in [3.8, 4) is 0 Å². The smallest absolute Gasteiger partial charge is 0.335 e. The van der Waals surface area contributed by atoms with E-state index in [1.165, 1.54) is 0 Å². The molecule has 3 N–H and O–H groups in total. The second kappa shape index (κ2) is 5.57. The molecule has 0 aliphatic carbocycles. The maximum atomic E-state index is 11.0. The van der Waals surface area contributed by atoms with Crippen molar-refractivity contribution in [2.24, 2.45) is 0 Å². The second-order valence-corrected chi connectivity index (χ2v) is 5.56. The van der Waals surface area contributed by atoms with Gasteiger partial charge in [-0.2, -0.15) is 5.10 Å². The summed E-state index contributed by atoms with van der Waals surface area (Å²) in [7, 11) is 0. The third kappa shape index (κ3) is 2.90. The van der Waals surface area contributed by atoms with Crippen LogP contribution in [0.5, 0.6) is 0 Å². The van der Waals surface area contributed by atoms with Gasteiger partial charge < -0.3 is 10.4 Å². The molecule has 0 spiro atoms. The Balaban J connectivity index is 1.85. The molecule has 0 unspecified atom stereocenters. The molecule has 0 saturated heterocycles. The number of nitrogens with zero attached hydrogens (tertiary/aromatic N) is 1. The van der Waals surface area contributed by atoms with Gasteiger partial charge in [0.2, 0.25) is 0 Å². The predicted molar refractivity (Wildman–Crippen MR) is 84.5 cm³/mol. The van der Waals surface area contributed by atoms with Crippen LogP contribution in [0.15, 0.2) is 47.1 Å². The van der Waals surface area contributed by atoms with Crippen LogP contribution < -0.4 is 5.32 Å². The highest BCUT2D eigenvalue weighted by molar-refractivity contribution is 9.10. The monoisotopic (exact) mass is 345 g/mol. The first-order valence-electron chi connectivity index (χ1n) is 6.32. The van der Waals surface area contributed by atoms with Gasteiger partial charge >= 0.3 is 5.97 Å². The second-order valence-electron chi connectivity index (χ2n) is 4.64. The molecule has 6 heteroatoms. The highest BCUT2D eigenvalue weighted by Crippen LogP contribution is 2.27. The number of aromatic nitrogens is 2. The van der Waals surface area contributed by atoms with Crippen molar-refractivity contribution in [2.45, 2.75) is 6.54 Å². The topological polar surface area (TPSA) is 78.0 Å². The van der Waals surface area contributed by atoms with E-state index in [4.69, 9.17) is 5.11 Å². The van der Waals surface area contributed by atoms with Crippen LogP contribution >= 0.6 is 15.9 Å². The summed E-state index contributed by atoms with van der Waals surface area (Å²) in [6, 6.07) is 10.8. The number of H-pyrrole nitrogens is 1. The summed E-state index contributed by atoms with van der Waals surface area (Å²) in [5.41, 5.74) is 3.07. The Hall–Kier alpha value is -2.34. The van der Waals surface area contributed by atoms with E-state index >= 15 is 0 Å². The number of halogens is 1. The van der Waals surface area contributed by atoms with Gasteiger partial charge in [-0.15, -0.1) is 0 Å². The molecule has 0 atom stereocenters. The molecule has 0 fully saturated rings. The van der Waals surface area contributed by atoms with E-state index in [1.807, 2.05) is 18.2 Å². The highest BCUT2D eigenvalue weighted by atomic mass is 79.9. The van der Waals surface area contributed by atoms with E-state index in [0.717, 1.165) is 26.6 Å². The van der Waals surface area contributed by atoms with Crippen LogP contribution in [-0.2, 0) is 6.54 Å². The molecule has 3 aromatic rings. The lowest BCUT2D eigenvalue weighted by Gasteiger charge is -2.09. The maximum absolute atomic E-state index is 11.0. The lowest BCUT2D eigenvalue weighted by atomic mass is 10.1. The Morgan fingerprint density at radius 2 is 2.19 bits per heavy atom. The molecular weight excluding hydrogens is 334 g/mol. The van der Waals surface area contributed by atoms with Crippen LogP contribution in [0.1, 0.15) is 15.9 Å². The molecule has 0 saturated carbocycles. The molecule has 0 aliphatic rings. The van der Waals surface area contributed by atoms with E-state index in [-0.39, 0.29) is 5.56 Å². The van der Waals surface area contributed by atoms with Crippen molar-refractivity contribution in [3.05, 3.63) is 58.2 Å². The Morgan fingerprint density at radius 3 is 3.00 bits per heavy atom. The van der Waals surface area contributed by atoms with Crippen molar-refractivity contribution < 1.29 is 9.90 Å². The Kier molecular flexibility index (Phi) is 3.62. The summed E-state index contributed by atoms with van der Waals surface area (Å²) in [6.45, 7) is 0.540. The van der Waals surface area contributed by atoms with E-state index in [1.54, 1.807) is 24.4 Å². The zero-order valence-electron chi connectivity index (χ0n) is 10.9. The Bertz CT molecular complexity index is 814. The number of carboxylic acids is 1. The number of hydrogen-bond acceptors (Lipinski definition) is 3. The molecule has 0 radical (unpaired) electrons. The van der Waals surface area contributed by atoms with Crippen LogP contribution in [0.3, 0.4) is 0 Å². The molecule has 1 heterocycles. The highest BCUT2D eigenvalue weighted by Gasteiger charge is 2.06. The van der Waals surface area contributed by atoms with Gasteiger partial charge in [0, 0.05) is 22.1 Å². The fourth-order valence-corrected chi connectivity index (χ4v) is 2.63. The molecule has 0 bridgehead atoms. The minimum absolute atomic E-state index is 0.289. The summed E-state index contributed by atoms with van der Waals surface area (Å²) < 4.78 is 0.945. The lowest BCUT2D eigenvalue weighted by Crippen LogP contribution is -2.02. The fourth-order valence-electron chi connectivity index (χ4n) is 2.17. The third-order valence-electron chi connectivity index (χ3n) is 3.18. The number of rotatable bonds is 4. The summed E-state index contributed by atoms with van der Waals surface area (Å²) in [5.74, 6) is -0.920. The van der Waals surface area contributed by atoms with Crippen molar-refractivity contribution in [3.63, 3.8) is 0 Å². The largest absolute Gasteiger partial charge is 0.478 e. The standard InChI is InChI=1S/C15H12BrN3O2/c16-11-5-13(12-8-18-19-14(12)6-11)17-7-9-2-1-3-10(4-9)15(20)21/h1-6,8,17H,7H2,(H,18,19)(H,20,21). The van der Waals surface area contributed by atoms with Crippen LogP contribution in [0.25, 0.3) is 10.9 Å². The van der Waals surface area contributed by atoms with Crippen molar-refractivity contribution in [1.82, 2.24) is 10.2 Å². The van der Waals surface area contributed by atoms with Gasteiger partial charge in [0.15, 0.2) is 0 Å². The van der Waals surface area contributed by atoms with E-state index in [0.29, 0.717) is 6.54 Å². The molecule has 3 rings (SSSR count). The lowest BCUT2D eigenvalue weighted by molar-refractivity contribution is 0.0697. The van der Waals surface area contributed by atoms with Gasteiger partial charge in [-0.05, 0) is 29.8 Å². The predicted octanol–water partition coefficient (Wildman–Crippen LogP) is 3.64. The number of fused-ring (bicyclic) bond motifs is 1. The van der Waals surface area contributed by atoms with Gasteiger partial charge in [-0.1, -0.05) is 28.1 Å². The number of nitrogens with one attached hydrogen (secondary N) is 2. The van der Waals surface area contributed by atoms with E-state index in [9.17, 15) is 4.79 Å². The van der Waals surface area contributed by atoms with Crippen LogP contribution in [0.4, 0.5) is 5.69 Å². The number of anilines is 1. The molecule has 0 aliphatic heterocycles. The SMILES string of the molecule is O=C(O)c1cccc(CNc2cc(Br)cc3[nH]ncc23)c1. The number of carbonyl (C=O) groups is 1. The normalized spacial score (nSPS) is 10.7. The van der Waals surface area contributed by atoms with Crippen molar-refractivity contribution >= 4 is 38.5 Å².